The third kappa shape index (κ3) is 4.05. The second-order valence-corrected chi connectivity index (χ2v) is 7.18. The molecule has 3 rings (SSSR count). The van der Waals surface area contributed by atoms with Gasteiger partial charge in [0, 0.05) is 36.4 Å². The van der Waals surface area contributed by atoms with Crippen LogP contribution >= 0.6 is 15.9 Å². The summed E-state index contributed by atoms with van der Waals surface area (Å²) < 4.78 is 0.895. The molecule has 2 heterocycles. The van der Waals surface area contributed by atoms with Crippen molar-refractivity contribution in [2.24, 2.45) is 0 Å². The number of halogens is 1. The van der Waals surface area contributed by atoms with Gasteiger partial charge in [0.25, 0.3) is 5.91 Å². The highest BCUT2D eigenvalue weighted by Crippen LogP contribution is 2.24. The van der Waals surface area contributed by atoms with Crippen molar-refractivity contribution in [2.75, 3.05) is 34.2 Å². The topological polar surface area (TPSA) is 62.2 Å². The zero-order valence-electron chi connectivity index (χ0n) is 15.0. The van der Waals surface area contributed by atoms with Crippen LogP contribution in [0.4, 0.5) is 0 Å². The van der Waals surface area contributed by atoms with Crippen LogP contribution in [-0.2, 0) is 0 Å². The van der Waals surface area contributed by atoms with Crippen molar-refractivity contribution in [3.63, 3.8) is 0 Å². The van der Waals surface area contributed by atoms with Crippen molar-refractivity contribution in [3.05, 3.63) is 52.9 Å². The van der Waals surface area contributed by atoms with Crippen molar-refractivity contribution >= 4 is 32.9 Å². The molecule has 134 valence electrons. The number of hydrogen-bond acceptors (Lipinski definition) is 5. The summed E-state index contributed by atoms with van der Waals surface area (Å²) >= 11 is 3.50. The maximum Gasteiger partial charge on any atom is 0.272 e. The number of rotatable bonds is 5. The van der Waals surface area contributed by atoms with Crippen LogP contribution in [0, 0.1) is 0 Å². The van der Waals surface area contributed by atoms with Crippen LogP contribution in [0.15, 0.2) is 47.2 Å². The first-order valence-electron chi connectivity index (χ1n) is 8.23. The van der Waals surface area contributed by atoms with E-state index in [1.165, 1.54) is 0 Å². The molecule has 26 heavy (non-hydrogen) atoms. The molecular weight excluding hydrogens is 394 g/mol. The summed E-state index contributed by atoms with van der Waals surface area (Å²) in [6, 6.07) is 9.36. The number of aromatic nitrogens is 3. The lowest BCUT2D eigenvalue weighted by Crippen LogP contribution is -2.33. The van der Waals surface area contributed by atoms with E-state index in [0.29, 0.717) is 12.2 Å². The van der Waals surface area contributed by atoms with Gasteiger partial charge in [0.1, 0.15) is 11.2 Å². The lowest BCUT2D eigenvalue weighted by Gasteiger charge is -2.19. The predicted molar refractivity (Wildman–Crippen MR) is 106 cm³/mol. The smallest absolute Gasteiger partial charge is 0.272 e. The number of hydrogen-bond donors (Lipinski definition) is 0. The Hall–Kier alpha value is -2.38. The van der Waals surface area contributed by atoms with E-state index < -0.39 is 0 Å². The zero-order valence-corrected chi connectivity index (χ0v) is 16.6. The van der Waals surface area contributed by atoms with E-state index in [1.54, 1.807) is 30.4 Å². The van der Waals surface area contributed by atoms with Crippen molar-refractivity contribution in [1.82, 2.24) is 24.8 Å². The molecule has 2 aromatic heterocycles. The fourth-order valence-electron chi connectivity index (χ4n) is 2.46. The number of para-hydroxylation sites is 1. The molecule has 1 amide bonds. The molecule has 0 aliphatic carbocycles. The second kappa shape index (κ2) is 7.88. The van der Waals surface area contributed by atoms with Crippen molar-refractivity contribution in [2.45, 2.75) is 0 Å². The number of carbonyl (C=O) groups is 1. The Bertz CT molecular complexity index is 927. The summed E-state index contributed by atoms with van der Waals surface area (Å²) in [4.78, 5) is 29.6. The van der Waals surface area contributed by atoms with E-state index >= 15 is 0 Å². The van der Waals surface area contributed by atoms with E-state index in [2.05, 4.69) is 30.9 Å². The number of likely N-dealkylation sites (N-methyl/N-ethyl adjacent to an activating group) is 2. The molecule has 6 nitrogen and oxygen atoms in total. The molecule has 0 atom stereocenters. The van der Waals surface area contributed by atoms with Crippen LogP contribution in [0.2, 0.25) is 0 Å². The third-order valence-electron chi connectivity index (χ3n) is 4.03. The van der Waals surface area contributed by atoms with Crippen LogP contribution in [0.25, 0.3) is 22.3 Å². The van der Waals surface area contributed by atoms with E-state index in [4.69, 9.17) is 0 Å². The molecule has 1 aromatic carbocycles. The highest BCUT2D eigenvalue weighted by atomic mass is 79.9. The van der Waals surface area contributed by atoms with Gasteiger partial charge >= 0.3 is 0 Å². The number of carbonyl (C=O) groups excluding carboxylic acids is 1. The summed E-state index contributed by atoms with van der Waals surface area (Å²) in [5, 5.41) is 0. The first-order valence-corrected chi connectivity index (χ1v) is 9.03. The average Bonchev–Trinajstić information content (AvgIpc) is 2.65. The highest BCUT2D eigenvalue weighted by Gasteiger charge is 2.14. The zero-order chi connectivity index (χ0) is 18.7. The van der Waals surface area contributed by atoms with Gasteiger partial charge in [-0.1, -0.05) is 6.07 Å². The van der Waals surface area contributed by atoms with Gasteiger partial charge in [-0.25, -0.2) is 4.98 Å². The Morgan fingerprint density at radius 3 is 2.54 bits per heavy atom. The molecule has 0 spiro atoms. The van der Waals surface area contributed by atoms with E-state index in [0.717, 1.165) is 33.3 Å². The highest BCUT2D eigenvalue weighted by molar-refractivity contribution is 9.10. The number of pyridine rings is 1. The Kier molecular flexibility index (Phi) is 5.58. The van der Waals surface area contributed by atoms with Crippen molar-refractivity contribution in [1.29, 1.82) is 0 Å². The molecule has 0 N–H and O–H groups in total. The molecule has 0 bridgehead atoms. The van der Waals surface area contributed by atoms with Gasteiger partial charge in [-0.2, -0.15) is 0 Å². The van der Waals surface area contributed by atoms with Crippen LogP contribution in [0.5, 0.6) is 0 Å². The third-order valence-corrected chi connectivity index (χ3v) is 4.67. The van der Waals surface area contributed by atoms with Crippen molar-refractivity contribution in [3.8, 4) is 11.3 Å². The summed E-state index contributed by atoms with van der Waals surface area (Å²) in [5.41, 5.74) is 3.59. The van der Waals surface area contributed by atoms with Crippen LogP contribution in [-0.4, -0.2) is 64.9 Å². The molecule has 3 aromatic rings. The molecule has 0 aliphatic heterocycles. The summed E-state index contributed by atoms with van der Waals surface area (Å²) in [5.74, 6) is -0.0919. The number of benzene rings is 1. The van der Waals surface area contributed by atoms with E-state index in [1.807, 2.05) is 43.3 Å². The molecule has 0 radical (unpaired) electrons. The van der Waals surface area contributed by atoms with Gasteiger partial charge in [0.2, 0.25) is 0 Å². The van der Waals surface area contributed by atoms with Crippen LogP contribution < -0.4 is 0 Å². The number of amides is 1. The maximum atomic E-state index is 12.4. The van der Waals surface area contributed by atoms with Gasteiger partial charge < -0.3 is 9.80 Å². The molecule has 0 fully saturated rings. The van der Waals surface area contributed by atoms with Gasteiger partial charge in [-0.05, 0) is 54.3 Å². The van der Waals surface area contributed by atoms with Crippen LogP contribution in [0.3, 0.4) is 0 Å². The standard InChI is InChI=1S/C19H20BrN5O/c1-24(2)9-10-25(3)19(26)16-8-7-13(11-21-16)17-12-22-15-6-4-5-14(20)18(15)23-17/h4-8,11-12H,9-10H2,1-3H3. The Balaban J connectivity index is 1.81. The van der Waals surface area contributed by atoms with E-state index in [-0.39, 0.29) is 5.91 Å². The van der Waals surface area contributed by atoms with Gasteiger partial charge in [-0.15, -0.1) is 0 Å². The molecule has 7 heteroatoms. The first-order chi connectivity index (χ1) is 12.5. The lowest BCUT2D eigenvalue weighted by molar-refractivity contribution is 0.0780. The molecule has 0 saturated heterocycles. The largest absolute Gasteiger partial charge is 0.339 e. The minimum atomic E-state index is -0.0919. The predicted octanol–water partition coefficient (Wildman–Crippen LogP) is 3.09. The Morgan fingerprint density at radius 1 is 1.04 bits per heavy atom. The normalized spacial score (nSPS) is 11.1. The fraction of sp³-hybridized carbons (Fsp3) is 0.263. The molecule has 0 saturated carbocycles. The first kappa shape index (κ1) is 18.4. The van der Waals surface area contributed by atoms with Crippen LogP contribution in [0.1, 0.15) is 10.5 Å². The molecule has 0 aliphatic rings. The number of nitrogens with zero attached hydrogens (tertiary/aromatic N) is 5. The average molecular weight is 414 g/mol. The minimum absolute atomic E-state index is 0.0919. The minimum Gasteiger partial charge on any atom is -0.339 e. The summed E-state index contributed by atoms with van der Waals surface area (Å²) in [6.07, 6.45) is 3.39. The van der Waals surface area contributed by atoms with Crippen molar-refractivity contribution < 1.29 is 4.79 Å². The fourth-order valence-corrected chi connectivity index (χ4v) is 2.90. The summed E-state index contributed by atoms with van der Waals surface area (Å²) in [6.45, 7) is 1.46. The van der Waals surface area contributed by atoms with Gasteiger partial charge in [-0.3, -0.25) is 14.8 Å². The van der Waals surface area contributed by atoms with E-state index in [9.17, 15) is 4.79 Å². The second-order valence-electron chi connectivity index (χ2n) is 6.32. The van der Waals surface area contributed by atoms with Gasteiger partial charge in [0.05, 0.1) is 17.4 Å². The Labute approximate surface area is 161 Å². The van der Waals surface area contributed by atoms with Gasteiger partial charge in [0.15, 0.2) is 0 Å². The quantitative estimate of drug-likeness (QED) is 0.642. The SMILES string of the molecule is CN(C)CCN(C)C(=O)c1ccc(-c2cnc3cccc(Br)c3n2)cn1. The Morgan fingerprint density at radius 2 is 1.85 bits per heavy atom. The molecule has 0 unspecified atom stereocenters. The molecular formula is C19H20BrN5O. The maximum absolute atomic E-state index is 12.4. The lowest BCUT2D eigenvalue weighted by atomic mass is 10.2. The summed E-state index contributed by atoms with van der Waals surface area (Å²) in [7, 11) is 5.75. The monoisotopic (exact) mass is 413 g/mol. The number of fused-ring (bicyclic) bond motifs is 1.